The maximum absolute atomic E-state index is 11.5. The zero-order valence-electron chi connectivity index (χ0n) is 8.28. The van der Waals surface area contributed by atoms with Gasteiger partial charge in [0.2, 0.25) is 5.91 Å². The van der Waals surface area contributed by atoms with Gasteiger partial charge in [-0.2, -0.15) is 5.26 Å². The molecule has 76 valence electrons. The molecule has 0 saturated heterocycles. The number of benzene rings is 1. The van der Waals surface area contributed by atoms with Crippen LogP contribution in [0.5, 0.6) is 5.75 Å². The molecule has 1 N–H and O–H groups in total. The average molecular weight is 202 g/mol. The van der Waals surface area contributed by atoms with Crippen molar-refractivity contribution in [3.63, 3.8) is 0 Å². The molecule has 1 aromatic rings. The Morgan fingerprint density at radius 3 is 3.07 bits per heavy atom. The maximum Gasteiger partial charge on any atom is 0.242 e. The van der Waals surface area contributed by atoms with Crippen LogP contribution in [-0.2, 0) is 11.2 Å². The number of carbonyl (C=O) groups excluding carboxylic acids is 1. The van der Waals surface area contributed by atoms with Crippen LogP contribution in [-0.4, -0.2) is 13.0 Å². The number of nitriles is 1. The van der Waals surface area contributed by atoms with E-state index in [1.165, 1.54) is 0 Å². The third-order valence-electron chi connectivity index (χ3n) is 2.48. The largest absolute Gasteiger partial charge is 0.495 e. The Hall–Kier alpha value is -2.02. The molecule has 0 radical (unpaired) electrons. The Morgan fingerprint density at radius 1 is 1.60 bits per heavy atom. The van der Waals surface area contributed by atoms with Gasteiger partial charge in [-0.1, -0.05) is 12.1 Å². The second kappa shape index (κ2) is 3.62. The third kappa shape index (κ3) is 1.52. The van der Waals surface area contributed by atoms with Crippen molar-refractivity contribution in [2.24, 2.45) is 5.92 Å². The van der Waals surface area contributed by atoms with Crippen molar-refractivity contribution in [2.75, 3.05) is 12.4 Å². The van der Waals surface area contributed by atoms with Crippen molar-refractivity contribution in [1.82, 2.24) is 0 Å². The molecule has 1 aromatic carbocycles. The van der Waals surface area contributed by atoms with Crippen molar-refractivity contribution in [3.8, 4) is 11.8 Å². The molecule has 0 aromatic heterocycles. The van der Waals surface area contributed by atoms with E-state index in [2.05, 4.69) is 5.32 Å². The van der Waals surface area contributed by atoms with Crippen molar-refractivity contribution < 1.29 is 9.53 Å². The molecule has 0 bridgehead atoms. The van der Waals surface area contributed by atoms with Gasteiger partial charge in [-0.25, -0.2) is 0 Å². The van der Waals surface area contributed by atoms with E-state index in [-0.39, 0.29) is 5.91 Å². The molecule has 1 aliphatic heterocycles. The van der Waals surface area contributed by atoms with Crippen LogP contribution in [0, 0.1) is 17.2 Å². The monoisotopic (exact) mass is 202 g/mol. The van der Waals surface area contributed by atoms with E-state index < -0.39 is 5.92 Å². The quantitative estimate of drug-likeness (QED) is 0.747. The van der Waals surface area contributed by atoms with Crippen LogP contribution in [0.25, 0.3) is 0 Å². The highest BCUT2D eigenvalue weighted by Gasteiger charge is 2.27. The number of amides is 1. The fraction of sp³-hybridized carbons (Fsp3) is 0.273. The Bertz CT molecular complexity index is 448. The molecule has 2 rings (SSSR count). The topological polar surface area (TPSA) is 62.1 Å². The summed E-state index contributed by atoms with van der Waals surface area (Å²) < 4.78 is 5.13. The minimum absolute atomic E-state index is 0.255. The lowest BCUT2D eigenvalue weighted by Gasteiger charge is -2.21. The summed E-state index contributed by atoms with van der Waals surface area (Å²) in [5, 5.41) is 11.5. The van der Waals surface area contributed by atoms with Gasteiger partial charge in [0.1, 0.15) is 11.7 Å². The molecule has 0 aliphatic carbocycles. The molecule has 4 nitrogen and oxygen atoms in total. The summed E-state index contributed by atoms with van der Waals surface area (Å²) >= 11 is 0. The molecule has 0 fully saturated rings. The van der Waals surface area contributed by atoms with Crippen LogP contribution in [0.1, 0.15) is 5.56 Å². The highest BCUT2D eigenvalue weighted by Crippen LogP contribution is 2.33. The summed E-state index contributed by atoms with van der Waals surface area (Å²) in [5.74, 6) is -0.212. The first-order chi connectivity index (χ1) is 7.26. The van der Waals surface area contributed by atoms with Gasteiger partial charge < -0.3 is 10.1 Å². The van der Waals surface area contributed by atoms with Gasteiger partial charge in [0, 0.05) is 0 Å². The molecular weight excluding hydrogens is 192 g/mol. The van der Waals surface area contributed by atoms with E-state index in [4.69, 9.17) is 10.00 Å². The van der Waals surface area contributed by atoms with Crippen molar-refractivity contribution in [3.05, 3.63) is 23.8 Å². The van der Waals surface area contributed by atoms with Crippen LogP contribution >= 0.6 is 0 Å². The van der Waals surface area contributed by atoms with Crippen molar-refractivity contribution >= 4 is 11.6 Å². The molecule has 15 heavy (non-hydrogen) atoms. The molecule has 4 heteroatoms. The summed E-state index contributed by atoms with van der Waals surface area (Å²) in [6.07, 6.45) is 0.453. The Balaban J connectivity index is 2.45. The van der Waals surface area contributed by atoms with E-state index >= 15 is 0 Å². The van der Waals surface area contributed by atoms with Crippen LogP contribution < -0.4 is 10.1 Å². The zero-order chi connectivity index (χ0) is 10.8. The summed E-state index contributed by atoms with van der Waals surface area (Å²) in [6, 6.07) is 7.50. The van der Waals surface area contributed by atoms with E-state index in [1.807, 2.05) is 18.2 Å². The second-order valence-corrected chi connectivity index (χ2v) is 3.37. The number of hydrogen-bond acceptors (Lipinski definition) is 3. The first kappa shape index (κ1) is 9.53. The first-order valence-corrected chi connectivity index (χ1v) is 4.62. The third-order valence-corrected chi connectivity index (χ3v) is 2.48. The van der Waals surface area contributed by atoms with Gasteiger partial charge in [-0.05, 0) is 18.1 Å². The molecular formula is C11H10N2O2. The second-order valence-electron chi connectivity index (χ2n) is 3.37. The number of ether oxygens (including phenoxy) is 1. The summed E-state index contributed by atoms with van der Waals surface area (Å²) in [6.45, 7) is 0. The van der Waals surface area contributed by atoms with Gasteiger partial charge >= 0.3 is 0 Å². The first-order valence-electron chi connectivity index (χ1n) is 4.62. The summed E-state index contributed by atoms with van der Waals surface area (Å²) in [5.41, 5.74) is 1.64. The van der Waals surface area contributed by atoms with E-state index in [9.17, 15) is 4.79 Å². The standard InChI is InChI=1S/C11H10N2O2/c1-15-9-4-2-3-7-5-8(6-12)11(14)13-10(7)9/h2-4,8H,5H2,1H3,(H,13,14). The molecule has 1 amide bonds. The minimum atomic E-state index is -0.593. The fourth-order valence-electron chi connectivity index (χ4n) is 1.69. The van der Waals surface area contributed by atoms with Gasteiger partial charge in [0.25, 0.3) is 0 Å². The number of nitrogens with one attached hydrogen (secondary N) is 1. The highest BCUT2D eigenvalue weighted by molar-refractivity contribution is 5.98. The molecule has 0 spiro atoms. The smallest absolute Gasteiger partial charge is 0.242 e. The van der Waals surface area contributed by atoms with Gasteiger partial charge in [0.05, 0.1) is 18.9 Å². The Morgan fingerprint density at radius 2 is 2.40 bits per heavy atom. The number of carbonyl (C=O) groups is 1. The lowest BCUT2D eigenvalue weighted by atomic mass is 9.94. The number of anilines is 1. The Labute approximate surface area is 87.5 Å². The van der Waals surface area contributed by atoms with Crippen LogP contribution in [0.4, 0.5) is 5.69 Å². The van der Waals surface area contributed by atoms with E-state index in [1.54, 1.807) is 13.2 Å². The molecule has 1 heterocycles. The predicted octanol–water partition coefficient (Wildman–Crippen LogP) is 1.33. The summed E-state index contributed by atoms with van der Waals surface area (Å²) in [4.78, 5) is 11.5. The molecule has 1 unspecified atom stereocenters. The van der Waals surface area contributed by atoms with Crippen LogP contribution in [0.2, 0.25) is 0 Å². The number of rotatable bonds is 1. The average Bonchev–Trinajstić information content (AvgIpc) is 2.27. The molecule has 1 aliphatic rings. The van der Waals surface area contributed by atoms with E-state index in [0.717, 1.165) is 5.56 Å². The van der Waals surface area contributed by atoms with Crippen LogP contribution in [0.15, 0.2) is 18.2 Å². The lowest BCUT2D eigenvalue weighted by molar-refractivity contribution is -0.118. The van der Waals surface area contributed by atoms with Crippen molar-refractivity contribution in [1.29, 1.82) is 5.26 Å². The Kier molecular flexibility index (Phi) is 2.30. The van der Waals surface area contributed by atoms with Crippen molar-refractivity contribution in [2.45, 2.75) is 6.42 Å². The van der Waals surface area contributed by atoms with E-state index in [0.29, 0.717) is 17.9 Å². The van der Waals surface area contributed by atoms with Gasteiger partial charge in [-0.3, -0.25) is 4.79 Å². The zero-order valence-corrected chi connectivity index (χ0v) is 8.28. The minimum Gasteiger partial charge on any atom is -0.495 e. The van der Waals surface area contributed by atoms with Crippen LogP contribution in [0.3, 0.4) is 0 Å². The predicted molar refractivity (Wildman–Crippen MR) is 54.4 cm³/mol. The number of methoxy groups -OCH3 is 1. The fourth-order valence-corrected chi connectivity index (χ4v) is 1.69. The summed E-state index contributed by atoms with van der Waals surface area (Å²) in [7, 11) is 1.55. The normalized spacial score (nSPS) is 18.7. The maximum atomic E-state index is 11.5. The molecule has 1 atom stereocenters. The number of nitrogens with zero attached hydrogens (tertiary/aromatic N) is 1. The molecule has 0 saturated carbocycles. The highest BCUT2D eigenvalue weighted by atomic mass is 16.5. The number of para-hydroxylation sites is 1. The van der Waals surface area contributed by atoms with Gasteiger partial charge in [0.15, 0.2) is 0 Å². The van der Waals surface area contributed by atoms with Gasteiger partial charge in [-0.15, -0.1) is 0 Å². The lowest BCUT2D eigenvalue weighted by Crippen LogP contribution is -2.29. The number of fused-ring (bicyclic) bond motifs is 1. The SMILES string of the molecule is COc1cccc2c1NC(=O)C(C#N)C2. The number of hydrogen-bond donors (Lipinski definition) is 1.